The molecule has 0 amide bonds. The van der Waals surface area contributed by atoms with E-state index in [1.54, 1.807) is 30.5 Å². The van der Waals surface area contributed by atoms with Crippen LogP contribution < -0.4 is 0 Å². The number of hydrogen-bond acceptors (Lipinski definition) is 2. The maximum Gasteiger partial charge on any atom is 0.0885 e. The van der Waals surface area contributed by atoms with Gasteiger partial charge < -0.3 is 0 Å². The molecule has 0 aromatic rings. The first-order valence-corrected chi connectivity index (χ1v) is 4.09. The summed E-state index contributed by atoms with van der Waals surface area (Å²) in [4.78, 5) is 8.13. The fourth-order valence-electron chi connectivity index (χ4n) is 0.761. The third kappa shape index (κ3) is 4.16. The van der Waals surface area contributed by atoms with Crippen LogP contribution in [0.5, 0.6) is 0 Å². The summed E-state index contributed by atoms with van der Waals surface area (Å²) in [6.07, 6.45) is 9.60. The monoisotopic (exact) mass is 186 g/mol. The van der Waals surface area contributed by atoms with Crippen LogP contribution in [0, 0.1) is 0 Å². The van der Waals surface area contributed by atoms with Gasteiger partial charge in [0.2, 0.25) is 0 Å². The summed E-state index contributed by atoms with van der Waals surface area (Å²) in [6, 6.07) is 0. The molecular formula is C12H14N2. The second-order valence-electron chi connectivity index (χ2n) is 2.20. The molecule has 0 saturated carbocycles. The van der Waals surface area contributed by atoms with Crippen LogP contribution in [0.2, 0.25) is 0 Å². The van der Waals surface area contributed by atoms with E-state index in [4.69, 9.17) is 0 Å². The van der Waals surface area contributed by atoms with Crippen LogP contribution in [-0.4, -0.2) is 11.9 Å². The number of nitrogens with zero attached hydrogens (tertiary/aromatic N) is 2. The SMILES string of the molecule is C=CC=N/C(=C/C=C)C(C=C)=NC=C. The van der Waals surface area contributed by atoms with E-state index in [1.807, 2.05) is 0 Å². The van der Waals surface area contributed by atoms with Crippen molar-refractivity contribution in [3.63, 3.8) is 0 Å². The van der Waals surface area contributed by atoms with Crippen LogP contribution in [0.3, 0.4) is 0 Å². The summed E-state index contributed by atoms with van der Waals surface area (Å²) in [6.45, 7) is 14.3. The minimum Gasteiger partial charge on any atom is -0.255 e. The Morgan fingerprint density at radius 1 is 1.00 bits per heavy atom. The van der Waals surface area contributed by atoms with Gasteiger partial charge in [0.05, 0.1) is 11.4 Å². The molecule has 0 spiro atoms. The molecule has 0 aliphatic rings. The maximum absolute atomic E-state index is 4.12. The van der Waals surface area contributed by atoms with Gasteiger partial charge in [-0.15, -0.1) is 0 Å². The molecule has 0 saturated heterocycles. The van der Waals surface area contributed by atoms with E-state index in [2.05, 4.69) is 36.3 Å². The van der Waals surface area contributed by atoms with Crippen molar-refractivity contribution in [1.82, 2.24) is 0 Å². The van der Waals surface area contributed by atoms with Crippen LogP contribution in [0.4, 0.5) is 0 Å². The Morgan fingerprint density at radius 2 is 1.71 bits per heavy atom. The van der Waals surface area contributed by atoms with Crippen molar-refractivity contribution in [1.29, 1.82) is 0 Å². The second-order valence-corrected chi connectivity index (χ2v) is 2.20. The second kappa shape index (κ2) is 7.68. The molecule has 0 aliphatic heterocycles. The van der Waals surface area contributed by atoms with Crippen LogP contribution in [-0.2, 0) is 0 Å². The molecule has 0 radical (unpaired) electrons. The summed E-state index contributed by atoms with van der Waals surface area (Å²) < 4.78 is 0. The van der Waals surface area contributed by atoms with E-state index in [0.29, 0.717) is 11.4 Å². The van der Waals surface area contributed by atoms with E-state index >= 15 is 0 Å². The van der Waals surface area contributed by atoms with E-state index in [0.717, 1.165) is 0 Å². The van der Waals surface area contributed by atoms with E-state index < -0.39 is 0 Å². The molecule has 0 fully saturated rings. The average Bonchev–Trinajstić information content (AvgIpc) is 2.21. The Kier molecular flexibility index (Phi) is 6.60. The van der Waals surface area contributed by atoms with Gasteiger partial charge in [0.15, 0.2) is 0 Å². The Hall–Kier alpha value is -1.96. The first-order chi connectivity index (χ1) is 6.79. The highest BCUT2D eigenvalue weighted by Crippen LogP contribution is 2.02. The van der Waals surface area contributed by atoms with Gasteiger partial charge in [-0.3, -0.25) is 9.98 Å². The summed E-state index contributed by atoms with van der Waals surface area (Å²) in [7, 11) is 0. The maximum atomic E-state index is 4.12. The minimum absolute atomic E-state index is 0.651. The fraction of sp³-hybridized carbons (Fsp3) is 0. The van der Waals surface area contributed by atoms with Crippen LogP contribution >= 0.6 is 0 Å². The highest BCUT2D eigenvalue weighted by molar-refractivity contribution is 6.09. The Bertz CT molecular complexity index is 317. The molecule has 0 unspecified atom stereocenters. The molecule has 0 atom stereocenters. The largest absolute Gasteiger partial charge is 0.255 e. The molecule has 0 aromatic carbocycles. The van der Waals surface area contributed by atoms with Gasteiger partial charge in [-0.2, -0.15) is 0 Å². The number of rotatable bonds is 6. The van der Waals surface area contributed by atoms with Gasteiger partial charge in [0.25, 0.3) is 0 Å². The molecule has 0 N–H and O–H groups in total. The first-order valence-electron chi connectivity index (χ1n) is 4.09. The number of allylic oxidation sites excluding steroid dienone is 4. The Morgan fingerprint density at radius 3 is 2.14 bits per heavy atom. The standard InChI is InChI=1S/C12H14N2/c1-5-9-12(14-10-6-2)11(7-3)13-8-4/h5-10H,1-4H2/b12-9+,13-11?,14-10?. The zero-order chi connectivity index (χ0) is 10.8. The van der Waals surface area contributed by atoms with Crippen molar-refractivity contribution in [3.05, 3.63) is 62.5 Å². The van der Waals surface area contributed by atoms with E-state index in [-0.39, 0.29) is 0 Å². The van der Waals surface area contributed by atoms with Crippen molar-refractivity contribution in [3.8, 4) is 0 Å². The molecule has 0 heterocycles. The smallest absolute Gasteiger partial charge is 0.0885 e. The molecule has 2 nitrogen and oxygen atoms in total. The Labute approximate surface area is 85.1 Å². The fourth-order valence-corrected chi connectivity index (χ4v) is 0.761. The lowest BCUT2D eigenvalue weighted by Crippen LogP contribution is -1.95. The highest BCUT2D eigenvalue weighted by atomic mass is 14.8. The van der Waals surface area contributed by atoms with E-state index in [9.17, 15) is 0 Å². The van der Waals surface area contributed by atoms with Gasteiger partial charge in [0.1, 0.15) is 0 Å². The molecule has 2 heteroatoms. The molecule has 0 rings (SSSR count). The third-order valence-corrected chi connectivity index (χ3v) is 1.28. The van der Waals surface area contributed by atoms with Crippen molar-refractivity contribution >= 4 is 11.9 Å². The number of hydrogen-bond donors (Lipinski definition) is 0. The van der Waals surface area contributed by atoms with Crippen LogP contribution in [0.25, 0.3) is 0 Å². The molecule has 0 aliphatic carbocycles. The summed E-state index contributed by atoms with van der Waals surface area (Å²) in [5, 5.41) is 0. The van der Waals surface area contributed by atoms with Gasteiger partial charge >= 0.3 is 0 Å². The Balaban J connectivity index is 5.07. The van der Waals surface area contributed by atoms with Crippen LogP contribution in [0.15, 0.2) is 72.5 Å². The third-order valence-electron chi connectivity index (χ3n) is 1.28. The average molecular weight is 186 g/mol. The van der Waals surface area contributed by atoms with E-state index in [1.165, 1.54) is 6.20 Å². The normalized spacial score (nSPS) is 12.6. The zero-order valence-corrected chi connectivity index (χ0v) is 8.19. The number of aliphatic imine (C=N–C) groups is 2. The van der Waals surface area contributed by atoms with Gasteiger partial charge in [-0.1, -0.05) is 38.5 Å². The molecule has 72 valence electrons. The first kappa shape index (κ1) is 12.0. The predicted molar refractivity (Wildman–Crippen MR) is 64.8 cm³/mol. The van der Waals surface area contributed by atoms with Crippen molar-refractivity contribution in [2.75, 3.05) is 0 Å². The van der Waals surface area contributed by atoms with Crippen molar-refractivity contribution < 1.29 is 0 Å². The van der Waals surface area contributed by atoms with Crippen molar-refractivity contribution in [2.45, 2.75) is 0 Å². The van der Waals surface area contributed by atoms with Gasteiger partial charge in [-0.25, -0.2) is 0 Å². The minimum atomic E-state index is 0.651. The molecular weight excluding hydrogens is 172 g/mol. The lowest BCUT2D eigenvalue weighted by atomic mass is 10.2. The summed E-state index contributed by atoms with van der Waals surface area (Å²) in [5.41, 5.74) is 1.33. The molecule has 0 bridgehead atoms. The molecule has 0 aromatic heterocycles. The van der Waals surface area contributed by atoms with Crippen LogP contribution in [0.1, 0.15) is 0 Å². The predicted octanol–water partition coefficient (Wildman–Crippen LogP) is 3.08. The van der Waals surface area contributed by atoms with Gasteiger partial charge in [0, 0.05) is 12.4 Å². The zero-order valence-electron chi connectivity index (χ0n) is 8.19. The molecule has 14 heavy (non-hydrogen) atoms. The lowest BCUT2D eigenvalue weighted by Gasteiger charge is -1.98. The summed E-state index contributed by atoms with van der Waals surface area (Å²) >= 11 is 0. The van der Waals surface area contributed by atoms with Gasteiger partial charge in [-0.05, 0) is 12.2 Å². The highest BCUT2D eigenvalue weighted by Gasteiger charge is 1.97. The summed E-state index contributed by atoms with van der Waals surface area (Å²) in [5.74, 6) is 0. The topological polar surface area (TPSA) is 24.7 Å². The quantitative estimate of drug-likeness (QED) is 0.450. The van der Waals surface area contributed by atoms with Crippen molar-refractivity contribution in [2.24, 2.45) is 9.98 Å². The lowest BCUT2D eigenvalue weighted by molar-refractivity contribution is 1.44.